The van der Waals surface area contributed by atoms with Crippen molar-refractivity contribution in [2.24, 2.45) is 5.92 Å². The molecule has 2 aromatic rings. The first-order chi connectivity index (χ1) is 11.7. The van der Waals surface area contributed by atoms with Gasteiger partial charge in [-0.25, -0.2) is 0 Å². The Hall–Kier alpha value is -1.76. The average molecular weight is 322 g/mol. The fourth-order valence-electron chi connectivity index (χ4n) is 4.02. The van der Waals surface area contributed by atoms with Crippen molar-refractivity contribution in [3.05, 3.63) is 65.2 Å². The van der Waals surface area contributed by atoms with Crippen molar-refractivity contribution < 1.29 is 0 Å². The molecule has 0 spiro atoms. The first-order valence-electron chi connectivity index (χ1n) is 9.68. The molecule has 24 heavy (non-hydrogen) atoms. The van der Waals surface area contributed by atoms with Crippen LogP contribution in [-0.2, 0) is 12.8 Å². The zero-order chi connectivity index (χ0) is 16.8. The third-order valence-corrected chi connectivity index (χ3v) is 5.62. The summed E-state index contributed by atoms with van der Waals surface area (Å²) >= 11 is 0. The molecule has 0 unspecified atom stereocenters. The van der Waals surface area contributed by atoms with E-state index in [-0.39, 0.29) is 0 Å². The lowest BCUT2D eigenvalue weighted by Crippen LogP contribution is -2.15. The van der Waals surface area contributed by atoms with Crippen LogP contribution in [0.1, 0.15) is 68.1 Å². The van der Waals surface area contributed by atoms with Crippen molar-refractivity contribution >= 4 is 5.69 Å². The molecule has 0 atom stereocenters. The summed E-state index contributed by atoms with van der Waals surface area (Å²) in [5.41, 5.74) is 11.2. The summed E-state index contributed by atoms with van der Waals surface area (Å²) in [4.78, 5) is 0. The highest BCUT2D eigenvalue weighted by atomic mass is 14.5. The molecule has 0 aromatic heterocycles. The van der Waals surface area contributed by atoms with Gasteiger partial charge in [0.05, 0.1) is 0 Å². The predicted octanol–water partition coefficient (Wildman–Crippen LogP) is 6.13. The monoisotopic (exact) mass is 321 g/mol. The smallest absolute Gasteiger partial charge is 0.0314 e. The zero-order valence-corrected chi connectivity index (χ0v) is 15.0. The van der Waals surface area contributed by atoms with Gasteiger partial charge in [0.1, 0.15) is 0 Å². The molecular weight excluding hydrogens is 290 g/mol. The second-order valence-corrected chi connectivity index (χ2v) is 7.51. The third kappa shape index (κ3) is 4.63. The molecule has 1 nitrogen and oxygen atoms in total. The van der Waals surface area contributed by atoms with E-state index in [1.807, 2.05) is 12.1 Å². The lowest BCUT2D eigenvalue weighted by molar-refractivity contribution is 0.324. The lowest BCUT2D eigenvalue weighted by atomic mass is 9.76. The average Bonchev–Trinajstić information content (AvgIpc) is 2.63. The number of rotatable bonds is 6. The van der Waals surface area contributed by atoms with Crippen LogP contribution in [0, 0.1) is 5.92 Å². The Kier molecular flexibility index (Phi) is 5.96. The predicted molar refractivity (Wildman–Crippen MR) is 104 cm³/mol. The summed E-state index contributed by atoms with van der Waals surface area (Å²) in [5.74, 6) is 1.59. The highest BCUT2D eigenvalue weighted by molar-refractivity contribution is 5.40. The molecule has 2 N–H and O–H groups in total. The molecule has 128 valence electrons. The number of anilines is 1. The van der Waals surface area contributed by atoms with E-state index in [9.17, 15) is 0 Å². The van der Waals surface area contributed by atoms with Gasteiger partial charge in [-0.3, -0.25) is 0 Å². The Morgan fingerprint density at radius 3 is 2.08 bits per heavy atom. The minimum atomic E-state index is 0.735. The van der Waals surface area contributed by atoms with Gasteiger partial charge >= 0.3 is 0 Å². The maximum absolute atomic E-state index is 5.80. The molecule has 1 heteroatoms. The Balaban J connectivity index is 1.49. The number of hydrogen-bond acceptors (Lipinski definition) is 1. The van der Waals surface area contributed by atoms with Gasteiger partial charge in [-0.2, -0.15) is 0 Å². The van der Waals surface area contributed by atoms with E-state index in [1.165, 1.54) is 68.1 Å². The fraction of sp³-hybridized carbons (Fsp3) is 0.478. The summed E-state index contributed by atoms with van der Waals surface area (Å²) in [5, 5.41) is 0. The van der Waals surface area contributed by atoms with Gasteiger partial charge < -0.3 is 5.73 Å². The van der Waals surface area contributed by atoms with E-state index in [1.54, 1.807) is 0 Å². The molecule has 1 fully saturated rings. The van der Waals surface area contributed by atoms with Crippen molar-refractivity contribution in [1.82, 2.24) is 0 Å². The molecular formula is C23H31N. The van der Waals surface area contributed by atoms with Crippen molar-refractivity contribution in [2.75, 3.05) is 5.73 Å². The van der Waals surface area contributed by atoms with Gasteiger partial charge in [0, 0.05) is 5.69 Å². The second kappa shape index (κ2) is 8.37. The van der Waals surface area contributed by atoms with Gasteiger partial charge in [-0.15, -0.1) is 0 Å². The Bertz CT molecular complexity index is 603. The summed E-state index contributed by atoms with van der Waals surface area (Å²) in [6.45, 7) is 2.26. The topological polar surface area (TPSA) is 26.0 Å². The van der Waals surface area contributed by atoms with Crippen molar-refractivity contribution in [2.45, 2.75) is 64.2 Å². The molecule has 1 aliphatic rings. The third-order valence-electron chi connectivity index (χ3n) is 5.62. The molecule has 0 heterocycles. The van der Waals surface area contributed by atoms with Crippen LogP contribution in [0.15, 0.2) is 48.5 Å². The van der Waals surface area contributed by atoms with Crippen LogP contribution in [0.4, 0.5) is 5.69 Å². The van der Waals surface area contributed by atoms with Gasteiger partial charge in [0.2, 0.25) is 0 Å². The van der Waals surface area contributed by atoms with Crippen LogP contribution in [0.2, 0.25) is 0 Å². The van der Waals surface area contributed by atoms with Crippen LogP contribution in [0.3, 0.4) is 0 Å². The summed E-state index contributed by atoms with van der Waals surface area (Å²) < 4.78 is 0. The number of hydrogen-bond donors (Lipinski definition) is 1. The number of unbranched alkanes of at least 4 members (excludes halogenated alkanes) is 1. The minimum absolute atomic E-state index is 0.735. The molecule has 0 radical (unpaired) electrons. The summed E-state index contributed by atoms with van der Waals surface area (Å²) in [6.07, 6.45) is 10.4. The number of nitrogens with two attached hydrogens (primary N) is 1. The Morgan fingerprint density at radius 2 is 1.46 bits per heavy atom. The van der Waals surface area contributed by atoms with E-state index >= 15 is 0 Å². The summed E-state index contributed by atoms with van der Waals surface area (Å²) in [6, 6.07) is 17.9. The van der Waals surface area contributed by atoms with Crippen LogP contribution in [-0.4, -0.2) is 0 Å². The van der Waals surface area contributed by atoms with E-state index in [0.29, 0.717) is 0 Å². The molecule has 0 amide bonds. The molecule has 3 rings (SSSR count). The van der Waals surface area contributed by atoms with Crippen LogP contribution < -0.4 is 5.73 Å². The Labute approximate surface area is 147 Å². The number of aryl methyl sites for hydroxylation is 1. The molecule has 2 aromatic carbocycles. The quantitative estimate of drug-likeness (QED) is 0.636. The van der Waals surface area contributed by atoms with Crippen LogP contribution in [0.5, 0.6) is 0 Å². The van der Waals surface area contributed by atoms with E-state index in [4.69, 9.17) is 5.73 Å². The molecule has 0 saturated heterocycles. The van der Waals surface area contributed by atoms with Gasteiger partial charge in [0.15, 0.2) is 0 Å². The van der Waals surface area contributed by atoms with Crippen LogP contribution >= 0.6 is 0 Å². The molecule has 1 saturated carbocycles. The Morgan fingerprint density at radius 1 is 0.833 bits per heavy atom. The highest BCUT2D eigenvalue weighted by Crippen LogP contribution is 2.37. The maximum atomic E-state index is 5.80. The van der Waals surface area contributed by atoms with Gasteiger partial charge in [-0.05, 0) is 85.6 Å². The number of nitrogen functional groups attached to an aromatic ring is 1. The maximum Gasteiger partial charge on any atom is 0.0314 e. The number of benzene rings is 2. The van der Waals surface area contributed by atoms with Crippen molar-refractivity contribution in [3.8, 4) is 0 Å². The normalized spacial score (nSPS) is 20.9. The van der Waals surface area contributed by atoms with Crippen molar-refractivity contribution in [1.29, 1.82) is 0 Å². The first kappa shape index (κ1) is 17.1. The van der Waals surface area contributed by atoms with Gasteiger partial charge in [0.25, 0.3) is 0 Å². The second-order valence-electron chi connectivity index (χ2n) is 7.51. The standard InChI is InChI=1S/C23H31N/c1-2-3-4-18-5-7-19(8-6-18)17-20-9-11-21(12-10-20)22-13-15-23(24)16-14-22/h5-8,13-16,20-21H,2-4,9-12,17,24H2,1H3. The lowest BCUT2D eigenvalue weighted by Gasteiger charge is -2.29. The SMILES string of the molecule is CCCCc1ccc(CC2CCC(c3ccc(N)cc3)CC2)cc1. The van der Waals surface area contributed by atoms with E-state index in [0.717, 1.165) is 17.5 Å². The summed E-state index contributed by atoms with van der Waals surface area (Å²) in [7, 11) is 0. The molecule has 0 aliphatic heterocycles. The fourth-order valence-corrected chi connectivity index (χ4v) is 4.02. The van der Waals surface area contributed by atoms with Crippen LogP contribution in [0.25, 0.3) is 0 Å². The minimum Gasteiger partial charge on any atom is -0.399 e. The van der Waals surface area contributed by atoms with E-state index in [2.05, 4.69) is 43.3 Å². The van der Waals surface area contributed by atoms with Gasteiger partial charge in [-0.1, -0.05) is 49.7 Å². The first-order valence-corrected chi connectivity index (χ1v) is 9.68. The largest absolute Gasteiger partial charge is 0.399 e. The zero-order valence-electron chi connectivity index (χ0n) is 15.0. The molecule has 0 bridgehead atoms. The highest BCUT2D eigenvalue weighted by Gasteiger charge is 2.22. The van der Waals surface area contributed by atoms with Crippen molar-refractivity contribution in [3.63, 3.8) is 0 Å². The molecule has 1 aliphatic carbocycles. The van der Waals surface area contributed by atoms with E-state index < -0.39 is 0 Å².